The summed E-state index contributed by atoms with van der Waals surface area (Å²) in [4.78, 5) is 19.1. The number of rotatable bonds is 0. The lowest BCUT2D eigenvalue weighted by molar-refractivity contribution is 0.802. The van der Waals surface area contributed by atoms with Gasteiger partial charge in [0.05, 0.1) is 11.8 Å². The molecular formula is C8H8N4O. The second-order valence-electron chi connectivity index (χ2n) is 2.77. The minimum Gasteiger partial charge on any atom is -0.267 e. The van der Waals surface area contributed by atoms with E-state index < -0.39 is 0 Å². The van der Waals surface area contributed by atoms with E-state index in [4.69, 9.17) is 0 Å². The molecule has 5 nitrogen and oxygen atoms in total. The molecule has 2 rings (SSSR count). The molecule has 0 atom stereocenters. The first-order chi connectivity index (χ1) is 6.20. The Kier molecular flexibility index (Phi) is 1.58. The first-order valence-corrected chi connectivity index (χ1v) is 3.87. The number of hydrogen-bond donors (Lipinski definition) is 0. The van der Waals surface area contributed by atoms with Crippen LogP contribution >= 0.6 is 0 Å². The molecule has 0 fully saturated rings. The van der Waals surface area contributed by atoms with Crippen LogP contribution in [0.1, 0.15) is 11.4 Å². The first-order valence-electron chi connectivity index (χ1n) is 3.87. The highest BCUT2D eigenvalue weighted by Gasteiger charge is 2.05. The minimum atomic E-state index is -0.238. The molecule has 0 N–H and O–H groups in total. The van der Waals surface area contributed by atoms with E-state index >= 15 is 0 Å². The van der Waals surface area contributed by atoms with Crippen molar-refractivity contribution in [1.29, 1.82) is 0 Å². The summed E-state index contributed by atoms with van der Waals surface area (Å²) in [5.41, 5.74) is 0.858. The molecule has 0 bridgehead atoms. The Hall–Kier alpha value is -1.78. The lowest BCUT2D eigenvalue weighted by Crippen LogP contribution is -2.17. The molecule has 2 aromatic rings. The molecular weight excluding hydrogens is 168 g/mol. The first kappa shape index (κ1) is 7.85. The summed E-state index contributed by atoms with van der Waals surface area (Å²) < 4.78 is 1.55. The SMILES string of the molecule is Cc1c(=O)nc(C)n2nccnc12. The number of fused-ring (bicyclic) bond motifs is 1. The normalized spacial score (nSPS) is 10.6. The van der Waals surface area contributed by atoms with Gasteiger partial charge in [0.1, 0.15) is 5.82 Å². The van der Waals surface area contributed by atoms with Gasteiger partial charge >= 0.3 is 0 Å². The highest BCUT2D eigenvalue weighted by molar-refractivity contribution is 5.43. The van der Waals surface area contributed by atoms with Gasteiger partial charge in [-0.3, -0.25) is 4.79 Å². The Bertz CT molecular complexity index is 517. The van der Waals surface area contributed by atoms with Gasteiger partial charge in [-0.15, -0.1) is 0 Å². The molecule has 0 aliphatic heterocycles. The third-order valence-corrected chi connectivity index (χ3v) is 1.87. The Morgan fingerprint density at radius 3 is 2.85 bits per heavy atom. The van der Waals surface area contributed by atoms with Gasteiger partial charge in [0, 0.05) is 6.20 Å². The average Bonchev–Trinajstić information content (AvgIpc) is 2.15. The third-order valence-electron chi connectivity index (χ3n) is 1.87. The number of aromatic nitrogens is 4. The summed E-state index contributed by atoms with van der Waals surface area (Å²) in [6.07, 6.45) is 3.12. The second-order valence-corrected chi connectivity index (χ2v) is 2.77. The molecule has 0 unspecified atom stereocenters. The second kappa shape index (κ2) is 2.62. The fourth-order valence-corrected chi connectivity index (χ4v) is 1.18. The zero-order valence-corrected chi connectivity index (χ0v) is 7.35. The van der Waals surface area contributed by atoms with Crippen LogP contribution < -0.4 is 5.56 Å². The molecule has 66 valence electrons. The average molecular weight is 176 g/mol. The maximum absolute atomic E-state index is 11.3. The van der Waals surface area contributed by atoms with Crippen LogP contribution in [0.25, 0.3) is 5.65 Å². The molecule has 0 aliphatic carbocycles. The molecule has 0 amide bonds. The Morgan fingerprint density at radius 1 is 1.31 bits per heavy atom. The van der Waals surface area contributed by atoms with Gasteiger partial charge in [-0.1, -0.05) is 0 Å². The summed E-state index contributed by atoms with van der Waals surface area (Å²) in [7, 11) is 0. The van der Waals surface area contributed by atoms with Crippen molar-refractivity contribution in [1.82, 2.24) is 19.6 Å². The smallest absolute Gasteiger partial charge is 0.267 e. The van der Waals surface area contributed by atoms with Gasteiger partial charge in [0.25, 0.3) is 5.56 Å². The van der Waals surface area contributed by atoms with E-state index in [0.717, 1.165) is 0 Å². The lowest BCUT2D eigenvalue weighted by Gasteiger charge is -2.02. The Balaban J connectivity index is 3.06. The maximum Gasteiger partial charge on any atom is 0.278 e. The number of hydrogen-bond acceptors (Lipinski definition) is 4. The summed E-state index contributed by atoms with van der Waals surface area (Å²) in [6.45, 7) is 3.42. The van der Waals surface area contributed by atoms with Gasteiger partial charge in [0.15, 0.2) is 5.65 Å². The standard InChI is InChI=1S/C8H8N4O/c1-5-7-9-3-4-10-12(7)6(2)11-8(5)13/h3-4H,1-2H3. The van der Waals surface area contributed by atoms with E-state index in [9.17, 15) is 4.79 Å². The van der Waals surface area contributed by atoms with E-state index in [0.29, 0.717) is 17.0 Å². The van der Waals surface area contributed by atoms with Crippen LogP contribution in [0.15, 0.2) is 17.2 Å². The van der Waals surface area contributed by atoms with Crippen molar-refractivity contribution in [2.75, 3.05) is 0 Å². The topological polar surface area (TPSA) is 60.2 Å². The molecule has 0 aliphatic rings. The quantitative estimate of drug-likeness (QED) is 0.571. The highest BCUT2D eigenvalue weighted by Crippen LogP contribution is 1.99. The zero-order chi connectivity index (χ0) is 9.42. The largest absolute Gasteiger partial charge is 0.278 e. The van der Waals surface area contributed by atoms with E-state index in [2.05, 4.69) is 15.1 Å². The Morgan fingerprint density at radius 2 is 2.08 bits per heavy atom. The van der Waals surface area contributed by atoms with Gasteiger partial charge in [-0.25, -0.2) is 9.50 Å². The van der Waals surface area contributed by atoms with Crippen LogP contribution in [0.4, 0.5) is 0 Å². The molecule has 13 heavy (non-hydrogen) atoms. The van der Waals surface area contributed by atoms with Crippen LogP contribution in [0.5, 0.6) is 0 Å². The predicted molar refractivity (Wildman–Crippen MR) is 46.5 cm³/mol. The van der Waals surface area contributed by atoms with Gasteiger partial charge < -0.3 is 0 Å². The van der Waals surface area contributed by atoms with Gasteiger partial charge in [0.2, 0.25) is 0 Å². The van der Waals surface area contributed by atoms with Crippen LogP contribution in [0, 0.1) is 13.8 Å². The highest BCUT2D eigenvalue weighted by atomic mass is 16.1. The summed E-state index contributed by atoms with van der Waals surface area (Å²) in [5.74, 6) is 0.554. The number of nitrogens with zero attached hydrogens (tertiary/aromatic N) is 4. The van der Waals surface area contributed by atoms with Crippen LogP contribution in [-0.4, -0.2) is 19.6 Å². The van der Waals surface area contributed by atoms with Crippen LogP contribution in [-0.2, 0) is 0 Å². The van der Waals surface area contributed by atoms with E-state index in [1.54, 1.807) is 30.8 Å². The summed E-state index contributed by atoms with van der Waals surface area (Å²) in [6, 6.07) is 0. The van der Waals surface area contributed by atoms with Crippen LogP contribution in [0.3, 0.4) is 0 Å². The molecule has 2 aromatic heterocycles. The third kappa shape index (κ3) is 1.09. The molecule has 5 heteroatoms. The molecule has 0 aromatic carbocycles. The monoisotopic (exact) mass is 176 g/mol. The molecule has 2 heterocycles. The summed E-state index contributed by atoms with van der Waals surface area (Å²) >= 11 is 0. The van der Waals surface area contributed by atoms with Crippen molar-refractivity contribution in [3.63, 3.8) is 0 Å². The maximum atomic E-state index is 11.3. The van der Waals surface area contributed by atoms with E-state index in [-0.39, 0.29) is 5.56 Å². The zero-order valence-electron chi connectivity index (χ0n) is 7.35. The minimum absolute atomic E-state index is 0.238. The molecule has 0 saturated heterocycles. The van der Waals surface area contributed by atoms with Crippen molar-refractivity contribution in [2.24, 2.45) is 0 Å². The van der Waals surface area contributed by atoms with Gasteiger partial charge in [-0.05, 0) is 13.8 Å². The fraction of sp³-hybridized carbons (Fsp3) is 0.250. The van der Waals surface area contributed by atoms with E-state index in [1.165, 1.54) is 0 Å². The Labute approximate surface area is 74.1 Å². The molecule has 0 spiro atoms. The molecule has 0 saturated carbocycles. The van der Waals surface area contributed by atoms with Crippen LogP contribution in [0.2, 0.25) is 0 Å². The van der Waals surface area contributed by atoms with Crippen molar-refractivity contribution in [3.05, 3.63) is 34.1 Å². The lowest BCUT2D eigenvalue weighted by atomic mass is 10.3. The van der Waals surface area contributed by atoms with E-state index in [1.807, 2.05) is 0 Å². The fourth-order valence-electron chi connectivity index (χ4n) is 1.18. The summed E-state index contributed by atoms with van der Waals surface area (Å²) in [5, 5.41) is 4.04. The molecule has 0 radical (unpaired) electrons. The van der Waals surface area contributed by atoms with Crippen molar-refractivity contribution in [3.8, 4) is 0 Å². The van der Waals surface area contributed by atoms with Crippen molar-refractivity contribution < 1.29 is 0 Å². The van der Waals surface area contributed by atoms with Gasteiger partial charge in [-0.2, -0.15) is 10.1 Å². The van der Waals surface area contributed by atoms with Crippen molar-refractivity contribution in [2.45, 2.75) is 13.8 Å². The predicted octanol–water partition coefficient (Wildman–Crippen LogP) is 0.101. The van der Waals surface area contributed by atoms with Crippen molar-refractivity contribution >= 4 is 5.65 Å². The number of aryl methyl sites for hydroxylation is 2.